The third-order valence-corrected chi connectivity index (χ3v) is 12.2. The van der Waals surface area contributed by atoms with Gasteiger partial charge in [-0.3, -0.25) is 14.4 Å². The van der Waals surface area contributed by atoms with Gasteiger partial charge in [-0.25, -0.2) is 4.79 Å². The lowest BCUT2D eigenvalue weighted by Crippen LogP contribution is -2.61. The molecule has 6 atom stereocenters. The molecular weight excluding hydrogens is 901 g/mol. The van der Waals surface area contributed by atoms with Crippen LogP contribution in [0, 0.1) is 0 Å². The third-order valence-electron chi connectivity index (χ3n) is 12.2. The third kappa shape index (κ3) is 37.6. The first-order valence-corrected chi connectivity index (χ1v) is 27.9. The number of unbranched alkanes of at least 4 members (excludes halogenated alkanes) is 20. The van der Waals surface area contributed by atoms with Crippen LogP contribution in [-0.2, 0) is 42.9 Å². The molecule has 406 valence electrons. The lowest BCUT2D eigenvalue weighted by Gasteiger charge is -2.40. The summed E-state index contributed by atoms with van der Waals surface area (Å²) in [6, 6.07) is 0. The van der Waals surface area contributed by atoms with Crippen molar-refractivity contribution in [3.63, 3.8) is 0 Å². The van der Waals surface area contributed by atoms with Gasteiger partial charge < -0.3 is 39.0 Å². The zero-order valence-corrected chi connectivity index (χ0v) is 44.4. The molecule has 1 saturated heterocycles. The summed E-state index contributed by atoms with van der Waals surface area (Å²) in [7, 11) is 0. The molecule has 1 rings (SSSR count). The highest BCUT2D eigenvalue weighted by molar-refractivity contribution is 5.74. The Morgan fingerprint density at radius 1 is 0.479 bits per heavy atom. The molecule has 0 aliphatic carbocycles. The van der Waals surface area contributed by atoms with E-state index < -0.39 is 67.3 Å². The maximum Gasteiger partial charge on any atom is 0.335 e. The van der Waals surface area contributed by atoms with Crippen molar-refractivity contribution in [2.24, 2.45) is 0 Å². The molecule has 0 amide bonds. The number of carboxylic acids is 1. The molecule has 0 saturated carbocycles. The van der Waals surface area contributed by atoms with Crippen LogP contribution in [-0.4, -0.2) is 89.2 Å². The van der Waals surface area contributed by atoms with Crippen molar-refractivity contribution in [3.8, 4) is 0 Å². The van der Waals surface area contributed by atoms with E-state index in [0.717, 1.165) is 154 Å². The molecule has 0 aromatic rings. The highest BCUT2D eigenvalue weighted by Gasteiger charge is 2.50. The molecule has 1 heterocycles. The molecule has 1 aliphatic rings. The number of hydrogen-bond acceptors (Lipinski definition) is 11. The van der Waals surface area contributed by atoms with Crippen LogP contribution >= 0.6 is 0 Å². The van der Waals surface area contributed by atoms with Gasteiger partial charge in [-0.2, -0.15) is 0 Å². The van der Waals surface area contributed by atoms with E-state index in [-0.39, 0.29) is 25.9 Å². The average Bonchev–Trinajstić information content (AvgIpc) is 3.35. The summed E-state index contributed by atoms with van der Waals surface area (Å²) in [5.41, 5.74) is 0. The van der Waals surface area contributed by atoms with Gasteiger partial charge in [0.15, 0.2) is 24.6 Å². The summed E-state index contributed by atoms with van der Waals surface area (Å²) in [5, 5.41) is 31.4. The molecule has 0 aromatic carbocycles. The molecule has 12 nitrogen and oxygen atoms in total. The van der Waals surface area contributed by atoms with Crippen LogP contribution in [0.4, 0.5) is 0 Å². The predicted molar refractivity (Wildman–Crippen MR) is 285 cm³/mol. The molecule has 71 heavy (non-hydrogen) atoms. The number of carbonyl (C=O) groups is 4. The number of aliphatic hydroxyl groups excluding tert-OH is 2. The molecule has 0 aromatic heterocycles. The molecule has 1 fully saturated rings. The molecular formula is C59H98O12. The Hall–Kier alpha value is -3.84. The van der Waals surface area contributed by atoms with E-state index in [1.165, 1.54) is 12.8 Å². The molecule has 1 aliphatic heterocycles. The van der Waals surface area contributed by atoms with Gasteiger partial charge in [0.25, 0.3) is 0 Å². The summed E-state index contributed by atoms with van der Waals surface area (Å²) in [5.74, 6) is -3.17. The fourth-order valence-corrected chi connectivity index (χ4v) is 7.93. The Morgan fingerprint density at radius 3 is 1.42 bits per heavy atom. The summed E-state index contributed by atoms with van der Waals surface area (Å²) in [6.45, 7) is 5.74. The first kappa shape index (κ1) is 65.2. The quantitative estimate of drug-likeness (QED) is 0.0228. The van der Waals surface area contributed by atoms with Crippen molar-refractivity contribution in [2.75, 3.05) is 13.2 Å². The Kier molecular flexibility index (Phi) is 43.3. The molecule has 6 unspecified atom stereocenters. The zero-order chi connectivity index (χ0) is 51.8. The SMILES string of the molecule is CC/C=C\C/C=C\C/C=C\CCCCCCCCCC(=O)OC1C(OCC(COC(=O)CCCCCCC/C=C\C/C=C\CCC)OC(=O)CCCCCCC/C=C\CCCC)OC(C(=O)O)C(O)C1O. The minimum Gasteiger partial charge on any atom is -0.479 e. The van der Waals surface area contributed by atoms with Gasteiger partial charge in [0, 0.05) is 19.3 Å². The number of aliphatic carboxylic acids is 1. The van der Waals surface area contributed by atoms with Crippen molar-refractivity contribution in [1.82, 2.24) is 0 Å². The number of rotatable bonds is 46. The molecule has 3 N–H and O–H groups in total. The molecule has 0 spiro atoms. The van der Waals surface area contributed by atoms with Crippen LogP contribution in [0.3, 0.4) is 0 Å². The van der Waals surface area contributed by atoms with Gasteiger partial charge in [-0.05, 0) is 96.3 Å². The number of aliphatic hydroxyl groups is 2. The highest BCUT2D eigenvalue weighted by atomic mass is 16.7. The topological polar surface area (TPSA) is 175 Å². The smallest absolute Gasteiger partial charge is 0.335 e. The Morgan fingerprint density at radius 2 is 0.915 bits per heavy atom. The molecule has 0 bridgehead atoms. The van der Waals surface area contributed by atoms with Crippen LogP contribution in [0.5, 0.6) is 0 Å². The Labute approximate surface area is 429 Å². The Balaban J connectivity index is 2.71. The van der Waals surface area contributed by atoms with Gasteiger partial charge in [-0.15, -0.1) is 0 Å². The summed E-state index contributed by atoms with van der Waals surface area (Å²) >= 11 is 0. The number of hydrogen-bond donors (Lipinski definition) is 3. The molecule has 0 radical (unpaired) electrons. The standard InChI is InChI=1S/C59H98O12/c1-4-7-10-13-16-19-22-24-25-26-27-29-32-35-38-41-44-47-53(62)70-57-55(64)54(63)56(58(65)66)71-59(57)68-49-50(69-52(61)46-43-40-37-34-30-21-18-15-12-9-6-3)48-67-51(60)45-42-39-36-33-31-28-23-20-17-14-11-8-5-2/h7,10-11,14-16,18-20,23-25,50,54-57,59,63-64H,4-6,8-9,12-13,17,21-22,26-49H2,1-3H3,(H,65,66)/b10-7-,14-11-,18-15-,19-16-,23-20-,25-24-. The van der Waals surface area contributed by atoms with Gasteiger partial charge in [-0.1, -0.05) is 184 Å². The van der Waals surface area contributed by atoms with Gasteiger partial charge in [0.1, 0.15) is 18.8 Å². The van der Waals surface area contributed by atoms with E-state index in [2.05, 4.69) is 93.7 Å². The highest BCUT2D eigenvalue weighted by Crippen LogP contribution is 2.26. The second-order valence-corrected chi connectivity index (χ2v) is 18.8. The van der Waals surface area contributed by atoms with E-state index in [4.69, 9.17) is 23.7 Å². The number of carbonyl (C=O) groups excluding carboxylic acids is 3. The number of ether oxygens (including phenoxy) is 5. The van der Waals surface area contributed by atoms with E-state index >= 15 is 0 Å². The van der Waals surface area contributed by atoms with Crippen LogP contribution in [0.25, 0.3) is 0 Å². The summed E-state index contributed by atoms with van der Waals surface area (Å²) in [4.78, 5) is 50.9. The second kappa shape index (κ2) is 47.2. The van der Waals surface area contributed by atoms with Crippen molar-refractivity contribution >= 4 is 23.9 Å². The first-order valence-electron chi connectivity index (χ1n) is 27.9. The predicted octanol–water partition coefficient (Wildman–Crippen LogP) is 13.8. The number of carboxylic acid groups (broad SMARTS) is 1. The van der Waals surface area contributed by atoms with E-state index in [9.17, 15) is 34.5 Å². The lowest BCUT2D eigenvalue weighted by atomic mass is 9.98. The van der Waals surface area contributed by atoms with Crippen LogP contribution in [0.2, 0.25) is 0 Å². The van der Waals surface area contributed by atoms with Gasteiger partial charge in [0.2, 0.25) is 0 Å². The van der Waals surface area contributed by atoms with Gasteiger partial charge in [0.05, 0.1) is 6.61 Å². The summed E-state index contributed by atoms with van der Waals surface area (Å²) < 4.78 is 28.3. The van der Waals surface area contributed by atoms with Crippen molar-refractivity contribution in [2.45, 2.75) is 263 Å². The first-order chi connectivity index (χ1) is 34.6. The minimum absolute atomic E-state index is 0.0451. The fourth-order valence-electron chi connectivity index (χ4n) is 7.93. The Bertz CT molecular complexity index is 1510. The van der Waals surface area contributed by atoms with E-state index in [1.807, 2.05) is 0 Å². The van der Waals surface area contributed by atoms with E-state index in [0.29, 0.717) is 19.3 Å². The van der Waals surface area contributed by atoms with Crippen LogP contribution in [0.15, 0.2) is 72.9 Å². The van der Waals surface area contributed by atoms with Gasteiger partial charge >= 0.3 is 23.9 Å². The average molecular weight is 999 g/mol. The monoisotopic (exact) mass is 999 g/mol. The fraction of sp³-hybridized carbons (Fsp3) is 0.729. The minimum atomic E-state index is -1.91. The molecule has 12 heteroatoms. The number of allylic oxidation sites excluding steroid dienone is 12. The van der Waals surface area contributed by atoms with E-state index in [1.54, 1.807) is 0 Å². The number of esters is 3. The zero-order valence-electron chi connectivity index (χ0n) is 44.4. The van der Waals surface area contributed by atoms with Crippen molar-refractivity contribution in [3.05, 3.63) is 72.9 Å². The van der Waals surface area contributed by atoms with Crippen LogP contribution < -0.4 is 0 Å². The van der Waals surface area contributed by atoms with Crippen molar-refractivity contribution < 1.29 is 58.2 Å². The maximum atomic E-state index is 13.1. The van der Waals surface area contributed by atoms with Crippen molar-refractivity contribution in [1.29, 1.82) is 0 Å². The van der Waals surface area contributed by atoms with Crippen LogP contribution in [0.1, 0.15) is 226 Å². The maximum absolute atomic E-state index is 13.1. The largest absolute Gasteiger partial charge is 0.479 e. The lowest BCUT2D eigenvalue weighted by molar-refractivity contribution is -0.301. The normalized spacial score (nSPS) is 19.0. The summed E-state index contributed by atoms with van der Waals surface area (Å²) in [6.07, 6.45) is 45.9. The second-order valence-electron chi connectivity index (χ2n) is 18.8.